The van der Waals surface area contributed by atoms with Crippen molar-refractivity contribution in [2.24, 2.45) is 0 Å². The highest BCUT2D eigenvalue weighted by atomic mass is 19.1. The summed E-state index contributed by atoms with van der Waals surface area (Å²) >= 11 is 0. The highest BCUT2D eigenvalue weighted by Gasteiger charge is 2.28. The van der Waals surface area contributed by atoms with Crippen LogP contribution in [-0.2, 0) is 11.3 Å². The maximum absolute atomic E-state index is 13.8. The third-order valence-corrected chi connectivity index (χ3v) is 6.74. The van der Waals surface area contributed by atoms with Gasteiger partial charge in [-0.3, -0.25) is 9.48 Å². The quantitative estimate of drug-likeness (QED) is 0.355. The lowest BCUT2D eigenvalue weighted by Crippen LogP contribution is -2.40. The van der Waals surface area contributed by atoms with Gasteiger partial charge in [0.25, 0.3) is 0 Å². The number of hydrogen-bond donors (Lipinski definition) is 0. The molecule has 186 valence electrons. The van der Waals surface area contributed by atoms with E-state index in [9.17, 15) is 9.18 Å². The molecule has 1 fully saturated rings. The third-order valence-electron chi connectivity index (χ3n) is 6.74. The van der Waals surface area contributed by atoms with E-state index in [0.29, 0.717) is 36.1 Å². The van der Waals surface area contributed by atoms with E-state index in [0.717, 1.165) is 29.7 Å². The van der Waals surface area contributed by atoms with Gasteiger partial charge in [0, 0.05) is 30.5 Å². The zero-order chi connectivity index (χ0) is 25.2. The number of rotatable bonds is 6. The smallest absolute Gasteiger partial charge is 0.244 e. The van der Waals surface area contributed by atoms with E-state index in [-0.39, 0.29) is 30.1 Å². The van der Waals surface area contributed by atoms with Crippen molar-refractivity contribution in [1.29, 1.82) is 0 Å². The van der Waals surface area contributed by atoms with Gasteiger partial charge in [0.2, 0.25) is 17.7 Å². The maximum Gasteiger partial charge on any atom is 0.244 e. The molecule has 7 nitrogen and oxygen atoms in total. The molecule has 2 aromatic heterocycles. The van der Waals surface area contributed by atoms with Crippen molar-refractivity contribution >= 4 is 5.91 Å². The van der Waals surface area contributed by atoms with E-state index in [1.807, 2.05) is 55.1 Å². The Kier molecular flexibility index (Phi) is 6.67. The van der Waals surface area contributed by atoms with E-state index >= 15 is 0 Å². The fourth-order valence-electron chi connectivity index (χ4n) is 4.57. The summed E-state index contributed by atoms with van der Waals surface area (Å²) in [6.07, 6.45) is 1.58. The molecule has 3 heterocycles. The summed E-state index contributed by atoms with van der Waals surface area (Å²) in [4.78, 5) is 15.2. The number of halogens is 1. The standard InChI is InChI=1S/C28H30FN5O2/c1-18(2)27-30-31-28(36-27)21-11-13-33(14-12-21)26(35)17-34-25(20-7-5-4-6-8-20)16-24(32-34)22-9-10-23(29)19(3)15-22/h4-10,15-16,18,21H,11-14,17H2,1-3H3. The van der Waals surface area contributed by atoms with Gasteiger partial charge in [-0.05, 0) is 55.2 Å². The van der Waals surface area contributed by atoms with E-state index < -0.39 is 0 Å². The number of piperidine rings is 1. The lowest BCUT2D eigenvalue weighted by Gasteiger charge is -2.30. The van der Waals surface area contributed by atoms with Crippen LogP contribution in [0, 0.1) is 12.7 Å². The number of benzene rings is 2. The molecule has 0 atom stereocenters. The molecule has 8 heteroatoms. The monoisotopic (exact) mass is 487 g/mol. The first-order valence-corrected chi connectivity index (χ1v) is 12.4. The van der Waals surface area contributed by atoms with Crippen LogP contribution < -0.4 is 0 Å². The average molecular weight is 488 g/mol. The number of likely N-dealkylation sites (tertiary alicyclic amines) is 1. The van der Waals surface area contributed by atoms with Crippen molar-refractivity contribution < 1.29 is 13.6 Å². The number of carbonyl (C=O) groups excluding carboxylic acids is 1. The molecule has 1 aliphatic heterocycles. The molecule has 36 heavy (non-hydrogen) atoms. The minimum absolute atomic E-state index is 0.0176. The molecule has 1 aliphatic rings. The highest BCUT2D eigenvalue weighted by molar-refractivity contribution is 5.78. The molecular formula is C28H30FN5O2. The number of aromatic nitrogens is 4. The van der Waals surface area contributed by atoms with Crippen LogP contribution >= 0.6 is 0 Å². The first kappa shape index (κ1) is 23.9. The lowest BCUT2D eigenvalue weighted by molar-refractivity contribution is -0.133. The Morgan fingerprint density at radius 2 is 1.81 bits per heavy atom. The normalized spacial score (nSPS) is 14.5. The lowest BCUT2D eigenvalue weighted by atomic mass is 9.97. The van der Waals surface area contributed by atoms with Crippen molar-refractivity contribution in [2.45, 2.75) is 52.0 Å². The van der Waals surface area contributed by atoms with Gasteiger partial charge in [-0.15, -0.1) is 10.2 Å². The summed E-state index contributed by atoms with van der Waals surface area (Å²) in [7, 11) is 0. The molecule has 4 aromatic rings. The topological polar surface area (TPSA) is 77.0 Å². The van der Waals surface area contributed by atoms with Crippen molar-refractivity contribution in [3.63, 3.8) is 0 Å². The number of hydrogen-bond acceptors (Lipinski definition) is 5. The Morgan fingerprint density at radius 3 is 2.47 bits per heavy atom. The van der Waals surface area contributed by atoms with Crippen LogP contribution in [0.15, 0.2) is 59.0 Å². The number of amides is 1. The SMILES string of the molecule is Cc1cc(-c2cc(-c3ccccc3)n(CC(=O)N3CCC(c4nnc(C(C)C)o4)CC3)n2)ccc1F. The molecule has 0 saturated carbocycles. The van der Waals surface area contributed by atoms with Crippen LogP contribution in [0.25, 0.3) is 22.5 Å². The van der Waals surface area contributed by atoms with E-state index in [4.69, 9.17) is 9.52 Å². The molecule has 0 radical (unpaired) electrons. The Bertz CT molecular complexity index is 1350. The summed E-state index contributed by atoms with van der Waals surface area (Å²) in [6, 6.07) is 16.8. The van der Waals surface area contributed by atoms with Gasteiger partial charge in [-0.2, -0.15) is 5.10 Å². The summed E-state index contributed by atoms with van der Waals surface area (Å²) in [5.74, 6) is 1.47. The van der Waals surface area contributed by atoms with E-state index in [1.54, 1.807) is 23.7 Å². The predicted octanol–water partition coefficient (Wildman–Crippen LogP) is 5.58. The van der Waals surface area contributed by atoms with Crippen LogP contribution in [0.1, 0.15) is 55.9 Å². The van der Waals surface area contributed by atoms with Crippen LogP contribution in [0.4, 0.5) is 4.39 Å². The predicted molar refractivity (Wildman–Crippen MR) is 135 cm³/mol. The van der Waals surface area contributed by atoms with Crippen LogP contribution in [0.2, 0.25) is 0 Å². The molecule has 1 amide bonds. The van der Waals surface area contributed by atoms with Crippen molar-refractivity contribution in [1.82, 2.24) is 24.9 Å². The van der Waals surface area contributed by atoms with E-state index in [2.05, 4.69) is 10.2 Å². The summed E-state index contributed by atoms with van der Waals surface area (Å²) in [6.45, 7) is 7.19. The van der Waals surface area contributed by atoms with Gasteiger partial charge in [-0.25, -0.2) is 4.39 Å². The second-order valence-electron chi connectivity index (χ2n) is 9.69. The van der Waals surface area contributed by atoms with Gasteiger partial charge >= 0.3 is 0 Å². The number of carbonyl (C=O) groups is 1. The zero-order valence-corrected chi connectivity index (χ0v) is 20.8. The Labute approximate surface area is 210 Å². The molecule has 0 spiro atoms. The molecule has 0 aliphatic carbocycles. The van der Waals surface area contributed by atoms with Gasteiger partial charge in [0.15, 0.2) is 0 Å². The van der Waals surface area contributed by atoms with Gasteiger partial charge in [-0.1, -0.05) is 44.2 Å². The van der Waals surface area contributed by atoms with Crippen molar-refractivity contribution in [3.8, 4) is 22.5 Å². The fraction of sp³-hybridized carbons (Fsp3) is 0.357. The minimum Gasteiger partial charge on any atom is -0.425 e. The second kappa shape index (κ2) is 10.0. The molecular weight excluding hydrogens is 457 g/mol. The largest absolute Gasteiger partial charge is 0.425 e. The van der Waals surface area contributed by atoms with Gasteiger partial charge < -0.3 is 9.32 Å². The van der Waals surface area contributed by atoms with Gasteiger partial charge in [0.05, 0.1) is 11.4 Å². The summed E-state index contributed by atoms with van der Waals surface area (Å²) in [5, 5.41) is 13.1. The second-order valence-corrected chi connectivity index (χ2v) is 9.69. The molecule has 0 bridgehead atoms. The molecule has 0 unspecified atom stereocenters. The first-order valence-electron chi connectivity index (χ1n) is 12.4. The summed E-state index contributed by atoms with van der Waals surface area (Å²) in [5.41, 5.74) is 3.91. The maximum atomic E-state index is 13.8. The molecule has 2 aromatic carbocycles. The van der Waals surface area contributed by atoms with Crippen LogP contribution in [0.3, 0.4) is 0 Å². The third kappa shape index (κ3) is 4.94. The Balaban J connectivity index is 1.33. The Hall–Kier alpha value is -3.81. The van der Waals surface area contributed by atoms with Gasteiger partial charge in [0.1, 0.15) is 12.4 Å². The highest BCUT2D eigenvalue weighted by Crippen LogP contribution is 2.30. The van der Waals surface area contributed by atoms with Crippen LogP contribution in [-0.4, -0.2) is 43.9 Å². The van der Waals surface area contributed by atoms with Crippen molar-refractivity contribution in [3.05, 3.63) is 77.8 Å². The minimum atomic E-state index is -0.249. The Morgan fingerprint density at radius 1 is 1.06 bits per heavy atom. The molecule has 1 saturated heterocycles. The van der Waals surface area contributed by atoms with Crippen molar-refractivity contribution in [2.75, 3.05) is 13.1 Å². The molecule has 5 rings (SSSR count). The number of nitrogens with zero attached hydrogens (tertiary/aromatic N) is 5. The first-order chi connectivity index (χ1) is 17.4. The fourth-order valence-corrected chi connectivity index (χ4v) is 4.57. The van der Waals surface area contributed by atoms with E-state index in [1.165, 1.54) is 6.07 Å². The number of aryl methyl sites for hydroxylation is 1. The molecule has 0 N–H and O–H groups in total. The van der Waals surface area contributed by atoms with Crippen LogP contribution in [0.5, 0.6) is 0 Å². The zero-order valence-electron chi connectivity index (χ0n) is 20.8. The average Bonchev–Trinajstić information content (AvgIpc) is 3.55. The summed E-state index contributed by atoms with van der Waals surface area (Å²) < 4.78 is 21.4.